The molecule has 2 aliphatic rings. The van der Waals surface area contributed by atoms with Gasteiger partial charge in [-0.3, -0.25) is 0 Å². The molecule has 0 bridgehead atoms. The summed E-state index contributed by atoms with van der Waals surface area (Å²) in [5.74, 6) is 0.803. The summed E-state index contributed by atoms with van der Waals surface area (Å²) in [5, 5.41) is 3.32. The molecule has 17 heavy (non-hydrogen) atoms. The van der Waals surface area contributed by atoms with Crippen LogP contribution in [0.3, 0.4) is 0 Å². The molecule has 4 nitrogen and oxygen atoms in total. The Kier molecular flexibility index (Phi) is 4.44. The topological polar surface area (TPSA) is 49.4 Å². The molecule has 5 heteroatoms. The molecule has 0 saturated carbocycles. The van der Waals surface area contributed by atoms with E-state index in [1.165, 1.54) is 6.42 Å². The lowest BCUT2D eigenvalue weighted by molar-refractivity contribution is 0.279. The Bertz CT molecular complexity index is 336. The van der Waals surface area contributed by atoms with E-state index in [9.17, 15) is 8.42 Å². The van der Waals surface area contributed by atoms with Gasteiger partial charge in [-0.1, -0.05) is 13.3 Å². The summed E-state index contributed by atoms with van der Waals surface area (Å²) in [6.45, 7) is 4.55. The fraction of sp³-hybridized carbons (Fsp3) is 1.00. The van der Waals surface area contributed by atoms with Crippen molar-refractivity contribution in [3.8, 4) is 0 Å². The lowest BCUT2D eigenvalue weighted by atomic mass is 10.0. The zero-order valence-electron chi connectivity index (χ0n) is 10.7. The van der Waals surface area contributed by atoms with Gasteiger partial charge in [-0.05, 0) is 38.1 Å². The third kappa shape index (κ3) is 3.66. The van der Waals surface area contributed by atoms with Crippen molar-refractivity contribution < 1.29 is 8.42 Å². The van der Waals surface area contributed by atoms with E-state index >= 15 is 0 Å². The maximum atomic E-state index is 12.3. The molecule has 0 aromatic heterocycles. The zero-order chi connectivity index (χ0) is 12.3. The average molecular weight is 260 g/mol. The minimum absolute atomic E-state index is 0.172. The second kappa shape index (κ2) is 5.67. The van der Waals surface area contributed by atoms with Crippen LogP contribution in [-0.4, -0.2) is 44.2 Å². The monoisotopic (exact) mass is 260 g/mol. The largest absolute Gasteiger partial charge is 0.313 e. The van der Waals surface area contributed by atoms with Crippen molar-refractivity contribution in [3.05, 3.63) is 0 Å². The summed E-state index contributed by atoms with van der Waals surface area (Å²) in [6, 6.07) is 0.172. The van der Waals surface area contributed by atoms with Crippen LogP contribution in [0.2, 0.25) is 0 Å². The molecule has 2 aliphatic heterocycles. The van der Waals surface area contributed by atoms with Crippen LogP contribution in [0.5, 0.6) is 0 Å². The first-order chi connectivity index (χ1) is 8.08. The number of hydrogen-bond acceptors (Lipinski definition) is 3. The Morgan fingerprint density at radius 2 is 2.06 bits per heavy atom. The summed E-state index contributed by atoms with van der Waals surface area (Å²) in [7, 11) is -3.05. The van der Waals surface area contributed by atoms with E-state index < -0.39 is 10.0 Å². The molecular formula is C12H24N2O2S. The van der Waals surface area contributed by atoms with Gasteiger partial charge in [0.25, 0.3) is 0 Å². The standard InChI is InChI=1S/C12H24N2O2S/c1-11-5-4-8-14(9-11)17(15,16)10-12-6-2-3-7-13-12/h11-13H,2-10H2,1H3. The first kappa shape index (κ1) is 13.3. The third-order valence-corrected chi connectivity index (χ3v) is 5.78. The first-order valence-corrected chi connectivity index (χ1v) is 8.40. The molecule has 0 amide bonds. The van der Waals surface area contributed by atoms with Crippen LogP contribution in [0, 0.1) is 5.92 Å². The molecular weight excluding hydrogens is 236 g/mol. The molecule has 2 unspecified atom stereocenters. The molecule has 0 aliphatic carbocycles. The third-order valence-electron chi connectivity index (χ3n) is 3.84. The normalized spacial score (nSPS) is 32.5. The van der Waals surface area contributed by atoms with Gasteiger partial charge in [0.05, 0.1) is 5.75 Å². The van der Waals surface area contributed by atoms with Crippen LogP contribution in [0.1, 0.15) is 39.0 Å². The van der Waals surface area contributed by atoms with Gasteiger partial charge < -0.3 is 5.32 Å². The van der Waals surface area contributed by atoms with Crippen molar-refractivity contribution in [2.24, 2.45) is 5.92 Å². The van der Waals surface area contributed by atoms with E-state index in [1.54, 1.807) is 4.31 Å². The number of sulfonamides is 1. The van der Waals surface area contributed by atoms with Gasteiger partial charge in [0.1, 0.15) is 0 Å². The lowest BCUT2D eigenvalue weighted by Gasteiger charge is -2.32. The van der Waals surface area contributed by atoms with Gasteiger partial charge >= 0.3 is 0 Å². The molecule has 2 saturated heterocycles. The number of hydrogen-bond donors (Lipinski definition) is 1. The Morgan fingerprint density at radius 1 is 1.24 bits per heavy atom. The molecule has 0 aromatic rings. The van der Waals surface area contributed by atoms with Gasteiger partial charge in [-0.25, -0.2) is 12.7 Å². The van der Waals surface area contributed by atoms with E-state index in [2.05, 4.69) is 12.2 Å². The second-order valence-corrected chi connectivity index (χ2v) is 7.54. The van der Waals surface area contributed by atoms with Crippen molar-refractivity contribution in [1.29, 1.82) is 0 Å². The molecule has 2 heterocycles. The van der Waals surface area contributed by atoms with Gasteiger partial charge in [-0.15, -0.1) is 0 Å². The van der Waals surface area contributed by atoms with E-state index in [0.29, 0.717) is 11.7 Å². The molecule has 0 aromatic carbocycles. The maximum absolute atomic E-state index is 12.3. The summed E-state index contributed by atoms with van der Waals surface area (Å²) in [6.07, 6.45) is 5.51. The predicted molar refractivity (Wildman–Crippen MR) is 69.4 cm³/mol. The average Bonchev–Trinajstić information content (AvgIpc) is 2.30. The summed E-state index contributed by atoms with van der Waals surface area (Å²) >= 11 is 0. The highest BCUT2D eigenvalue weighted by molar-refractivity contribution is 7.89. The smallest absolute Gasteiger partial charge is 0.215 e. The van der Waals surface area contributed by atoms with Crippen molar-refractivity contribution in [2.75, 3.05) is 25.4 Å². The van der Waals surface area contributed by atoms with Gasteiger partial charge in [0, 0.05) is 19.1 Å². The molecule has 100 valence electrons. The predicted octanol–water partition coefficient (Wildman–Crippen LogP) is 1.19. The van der Waals surface area contributed by atoms with Crippen molar-refractivity contribution >= 4 is 10.0 Å². The fourth-order valence-electron chi connectivity index (χ4n) is 2.82. The molecule has 2 rings (SSSR count). The van der Waals surface area contributed by atoms with Crippen LogP contribution >= 0.6 is 0 Å². The van der Waals surface area contributed by atoms with E-state index in [1.807, 2.05) is 0 Å². The Balaban J connectivity index is 1.92. The van der Waals surface area contributed by atoms with E-state index in [-0.39, 0.29) is 6.04 Å². The number of rotatable bonds is 3. The SMILES string of the molecule is CC1CCCN(S(=O)(=O)CC2CCCCN2)C1. The number of nitrogens with zero attached hydrogens (tertiary/aromatic N) is 1. The Hall–Kier alpha value is -0.130. The first-order valence-electron chi connectivity index (χ1n) is 6.79. The number of piperidine rings is 2. The molecule has 0 radical (unpaired) electrons. The highest BCUT2D eigenvalue weighted by atomic mass is 32.2. The fourth-order valence-corrected chi connectivity index (χ4v) is 4.72. The van der Waals surface area contributed by atoms with Crippen LogP contribution < -0.4 is 5.32 Å². The van der Waals surface area contributed by atoms with Crippen LogP contribution in [0.15, 0.2) is 0 Å². The lowest BCUT2D eigenvalue weighted by Crippen LogP contribution is -2.46. The van der Waals surface area contributed by atoms with Crippen molar-refractivity contribution in [3.63, 3.8) is 0 Å². The van der Waals surface area contributed by atoms with E-state index in [0.717, 1.165) is 45.3 Å². The maximum Gasteiger partial charge on any atom is 0.215 e. The highest BCUT2D eigenvalue weighted by Gasteiger charge is 2.29. The minimum atomic E-state index is -3.05. The van der Waals surface area contributed by atoms with Crippen LogP contribution in [0.25, 0.3) is 0 Å². The van der Waals surface area contributed by atoms with Crippen LogP contribution in [0.4, 0.5) is 0 Å². The van der Waals surface area contributed by atoms with Gasteiger partial charge in [0.2, 0.25) is 10.0 Å². The summed E-state index contributed by atoms with van der Waals surface area (Å²) < 4.78 is 26.3. The van der Waals surface area contributed by atoms with Gasteiger partial charge in [0.15, 0.2) is 0 Å². The van der Waals surface area contributed by atoms with Crippen molar-refractivity contribution in [1.82, 2.24) is 9.62 Å². The number of nitrogens with one attached hydrogen (secondary N) is 1. The highest BCUT2D eigenvalue weighted by Crippen LogP contribution is 2.20. The summed E-state index contributed by atoms with van der Waals surface area (Å²) in [5.41, 5.74) is 0. The molecule has 2 fully saturated rings. The minimum Gasteiger partial charge on any atom is -0.313 e. The van der Waals surface area contributed by atoms with E-state index in [4.69, 9.17) is 0 Å². The molecule has 2 atom stereocenters. The molecule has 0 spiro atoms. The quantitative estimate of drug-likeness (QED) is 0.829. The Morgan fingerprint density at radius 3 is 2.71 bits per heavy atom. The zero-order valence-corrected chi connectivity index (χ0v) is 11.5. The van der Waals surface area contributed by atoms with Crippen LogP contribution in [-0.2, 0) is 10.0 Å². The molecule has 1 N–H and O–H groups in total. The van der Waals surface area contributed by atoms with Gasteiger partial charge in [-0.2, -0.15) is 0 Å². The Labute approximate surface area is 105 Å². The summed E-state index contributed by atoms with van der Waals surface area (Å²) in [4.78, 5) is 0. The second-order valence-electron chi connectivity index (χ2n) is 5.53. The van der Waals surface area contributed by atoms with Crippen molar-refractivity contribution in [2.45, 2.75) is 45.1 Å².